The first kappa shape index (κ1) is 27.7. The molecule has 0 unspecified atom stereocenters. The molecular weight excluding hydrogens is 551 g/mol. The molecule has 2 heterocycles. The van der Waals surface area contributed by atoms with Crippen molar-refractivity contribution in [2.24, 2.45) is 0 Å². The van der Waals surface area contributed by atoms with Crippen LogP contribution in [-0.2, 0) is 0 Å². The molecule has 5 rings (SSSR count). The molecule has 0 spiro atoms. The molecular formula is C24H13N5O4S4. The molecule has 0 atom stereocenters. The summed E-state index contributed by atoms with van der Waals surface area (Å²) in [7, 11) is 0. The van der Waals surface area contributed by atoms with Crippen molar-refractivity contribution in [3.05, 3.63) is 103 Å². The number of thioether (sulfide) groups is 4. The van der Waals surface area contributed by atoms with E-state index in [2.05, 4.69) is 21.6 Å². The van der Waals surface area contributed by atoms with E-state index >= 15 is 0 Å². The summed E-state index contributed by atoms with van der Waals surface area (Å²) in [5.41, 5.74) is 1.41. The molecule has 3 aliphatic rings. The third-order valence-electron chi connectivity index (χ3n) is 4.71. The molecule has 0 saturated heterocycles. The standard InChI is InChI=1S/C16H6N4O4.C6H4S4.C2H3N/c17-7-9(8-18)16-14-5-10(19(21)22)1-3-12(14)13-4-2-11(20(23)24)6-15(13)16;1-2-8-5(7-1)6-9-3-4-10-6;1-2-3/h1-6H;1-4H;1H3. The number of hydrogen-bond donors (Lipinski definition) is 0. The Kier molecular flexibility index (Phi) is 9.61. The summed E-state index contributed by atoms with van der Waals surface area (Å²) in [4.78, 5) is 20.8. The van der Waals surface area contributed by atoms with Gasteiger partial charge in [0, 0.05) is 36.8 Å². The van der Waals surface area contributed by atoms with Gasteiger partial charge < -0.3 is 0 Å². The van der Waals surface area contributed by atoms with E-state index in [0.717, 1.165) is 0 Å². The van der Waals surface area contributed by atoms with E-state index in [1.165, 1.54) is 51.8 Å². The molecule has 0 radical (unpaired) electrons. The quantitative estimate of drug-likeness (QED) is 0.169. The molecule has 2 aliphatic heterocycles. The van der Waals surface area contributed by atoms with E-state index in [0.29, 0.717) is 22.3 Å². The van der Waals surface area contributed by atoms with Crippen LogP contribution >= 0.6 is 47.0 Å². The van der Waals surface area contributed by atoms with Crippen LogP contribution in [0.3, 0.4) is 0 Å². The Morgan fingerprint density at radius 2 is 1.05 bits per heavy atom. The van der Waals surface area contributed by atoms with Crippen LogP contribution in [0.4, 0.5) is 11.4 Å². The van der Waals surface area contributed by atoms with Gasteiger partial charge in [0.15, 0.2) is 0 Å². The van der Waals surface area contributed by atoms with Gasteiger partial charge >= 0.3 is 0 Å². The smallest absolute Gasteiger partial charge is 0.258 e. The highest BCUT2D eigenvalue weighted by Gasteiger charge is 2.30. The van der Waals surface area contributed by atoms with E-state index < -0.39 is 9.85 Å². The molecule has 0 amide bonds. The molecule has 0 saturated carbocycles. The number of nitriles is 3. The number of nitro benzene ring substituents is 2. The Hall–Kier alpha value is -3.93. The summed E-state index contributed by atoms with van der Waals surface area (Å²) < 4.78 is 2.86. The molecule has 0 fully saturated rings. The summed E-state index contributed by atoms with van der Waals surface area (Å²) in [5, 5.41) is 56.2. The second-order valence-corrected chi connectivity index (χ2v) is 10.9. The van der Waals surface area contributed by atoms with Gasteiger partial charge in [-0.15, -0.1) is 0 Å². The Morgan fingerprint density at radius 3 is 1.35 bits per heavy atom. The van der Waals surface area contributed by atoms with Crippen LogP contribution < -0.4 is 0 Å². The molecule has 0 bridgehead atoms. The monoisotopic (exact) mass is 563 g/mol. The average molecular weight is 564 g/mol. The highest BCUT2D eigenvalue weighted by Crippen LogP contribution is 2.50. The third-order valence-corrected chi connectivity index (χ3v) is 9.49. The lowest BCUT2D eigenvalue weighted by atomic mass is 9.98. The average Bonchev–Trinajstić information content (AvgIpc) is 3.66. The largest absolute Gasteiger partial charge is 0.270 e. The van der Waals surface area contributed by atoms with Crippen molar-refractivity contribution < 1.29 is 9.85 Å². The van der Waals surface area contributed by atoms with Crippen LogP contribution in [0.15, 0.2) is 72.1 Å². The molecule has 2 aromatic rings. The van der Waals surface area contributed by atoms with Crippen molar-refractivity contribution in [1.82, 2.24) is 0 Å². The summed E-state index contributed by atoms with van der Waals surface area (Å²) >= 11 is 7.28. The maximum atomic E-state index is 11.0. The van der Waals surface area contributed by atoms with E-state index in [1.807, 2.05) is 47.0 Å². The van der Waals surface area contributed by atoms with Crippen molar-refractivity contribution in [3.8, 4) is 29.3 Å². The fourth-order valence-electron chi connectivity index (χ4n) is 3.33. The van der Waals surface area contributed by atoms with Gasteiger partial charge in [0.05, 0.1) is 24.4 Å². The normalized spacial score (nSPS) is 13.6. The maximum Gasteiger partial charge on any atom is 0.270 e. The zero-order chi connectivity index (χ0) is 26.9. The van der Waals surface area contributed by atoms with E-state index in [9.17, 15) is 30.8 Å². The molecule has 0 N–H and O–H groups in total. The van der Waals surface area contributed by atoms with Crippen LogP contribution in [0.2, 0.25) is 0 Å². The van der Waals surface area contributed by atoms with Gasteiger partial charge in [0.1, 0.15) is 17.7 Å². The van der Waals surface area contributed by atoms with Gasteiger partial charge in [0.25, 0.3) is 11.4 Å². The second-order valence-electron chi connectivity index (χ2n) is 6.76. The van der Waals surface area contributed by atoms with Crippen molar-refractivity contribution >= 4 is 64.0 Å². The second kappa shape index (κ2) is 12.9. The van der Waals surface area contributed by atoms with Crippen LogP contribution in [0.25, 0.3) is 16.7 Å². The fraction of sp³-hybridized carbons (Fsp3) is 0.0417. The van der Waals surface area contributed by atoms with Gasteiger partial charge in [-0.3, -0.25) is 20.2 Å². The SMILES string of the molecule is C1=CSC(=C2SC=CS2)S1.CC#N.N#CC(C#N)=C1c2cc([N+](=O)[O-])ccc2-c2ccc([N+](=O)[O-])cc21. The molecule has 2 aromatic carbocycles. The first-order valence-electron chi connectivity index (χ1n) is 10.0. The summed E-state index contributed by atoms with van der Waals surface area (Å²) in [6.45, 7) is 1.43. The number of non-ortho nitro benzene ring substituents is 2. The van der Waals surface area contributed by atoms with Gasteiger partial charge in [-0.2, -0.15) is 15.8 Å². The summed E-state index contributed by atoms with van der Waals surface area (Å²) in [5.74, 6) is 0. The van der Waals surface area contributed by atoms with Crippen LogP contribution in [0.5, 0.6) is 0 Å². The molecule has 13 heteroatoms. The maximum absolute atomic E-state index is 11.0. The van der Waals surface area contributed by atoms with Crippen molar-refractivity contribution in [3.63, 3.8) is 0 Å². The predicted molar refractivity (Wildman–Crippen MR) is 149 cm³/mol. The topological polar surface area (TPSA) is 158 Å². The number of fused-ring (bicyclic) bond motifs is 3. The first-order chi connectivity index (χ1) is 17.9. The van der Waals surface area contributed by atoms with Crippen molar-refractivity contribution in [2.75, 3.05) is 0 Å². The van der Waals surface area contributed by atoms with Crippen LogP contribution in [0, 0.1) is 54.2 Å². The number of nitrogens with zero attached hydrogens (tertiary/aromatic N) is 5. The highest BCUT2D eigenvalue weighted by atomic mass is 32.2. The molecule has 0 aromatic heterocycles. The van der Waals surface area contributed by atoms with Gasteiger partial charge in [-0.25, -0.2) is 0 Å². The fourth-order valence-corrected chi connectivity index (χ4v) is 7.37. The zero-order valence-corrected chi connectivity index (χ0v) is 22.0. The number of hydrogen-bond acceptors (Lipinski definition) is 11. The highest BCUT2D eigenvalue weighted by molar-refractivity contribution is 8.33. The Labute approximate surface area is 228 Å². The van der Waals surface area contributed by atoms with Crippen molar-refractivity contribution in [1.29, 1.82) is 15.8 Å². The number of rotatable bonds is 2. The van der Waals surface area contributed by atoms with E-state index in [1.54, 1.807) is 18.2 Å². The number of nitro groups is 2. The van der Waals surface area contributed by atoms with E-state index in [-0.39, 0.29) is 22.5 Å². The van der Waals surface area contributed by atoms with Crippen LogP contribution in [0.1, 0.15) is 18.1 Å². The molecule has 37 heavy (non-hydrogen) atoms. The Morgan fingerprint density at radius 1 is 0.703 bits per heavy atom. The first-order valence-corrected chi connectivity index (χ1v) is 13.5. The molecule has 1 aliphatic carbocycles. The molecule has 182 valence electrons. The van der Waals surface area contributed by atoms with Gasteiger partial charge in [-0.1, -0.05) is 47.0 Å². The van der Waals surface area contributed by atoms with Gasteiger partial charge in [-0.05, 0) is 56.0 Å². The zero-order valence-electron chi connectivity index (χ0n) is 18.8. The lowest BCUT2D eigenvalue weighted by molar-refractivity contribution is -0.385. The lowest BCUT2D eigenvalue weighted by Gasteiger charge is -2.02. The third kappa shape index (κ3) is 6.26. The molecule has 9 nitrogen and oxygen atoms in total. The van der Waals surface area contributed by atoms with Crippen molar-refractivity contribution in [2.45, 2.75) is 6.92 Å². The Balaban J connectivity index is 0.000000240. The lowest BCUT2D eigenvalue weighted by Crippen LogP contribution is -1.92. The summed E-state index contributed by atoms with van der Waals surface area (Å²) in [6.07, 6.45) is 0. The minimum atomic E-state index is -0.582. The number of allylic oxidation sites excluding steroid dienone is 1. The minimum absolute atomic E-state index is 0.178. The van der Waals surface area contributed by atoms with E-state index in [4.69, 9.17) is 5.26 Å². The summed E-state index contributed by atoms with van der Waals surface area (Å²) in [6, 6.07) is 13.4. The predicted octanol–water partition coefficient (Wildman–Crippen LogP) is 7.88. The van der Waals surface area contributed by atoms with Crippen LogP contribution in [-0.4, -0.2) is 9.85 Å². The minimum Gasteiger partial charge on any atom is -0.258 e. The number of benzene rings is 2. The van der Waals surface area contributed by atoms with Gasteiger partial charge in [0.2, 0.25) is 0 Å². The Bertz CT molecular complexity index is 1420.